The fraction of sp³-hybridized carbons (Fsp3) is 0. The summed E-state index contributed by atoms with van der Waals surface area (Å²) >= 11 is 0. The van der Waals surface area contributed by atoms with Gasteiger partial charge in [-0.3, -0.25) is 0 Å². The Morgan fingerprint density at radius 3 is 0.774 bits per heavy atom. The third-order valence-electron chi connectivity index (χ3n) is 3.37. The molecular weight excluding hydrogens is 531 g/mol. The van der Waals surface area contributed by atoms with Gasteiger partial charge in [0.1, 0.15) is 0 Å². The molecule has 0 aliphatic rings. The van der Waals surface area contributed by atoms with Gasteiger partial charge in [0.2, 0.25) is 0 Å². The van der Waals surface area contributed by atoms with E-state index in [0.717, 1.165) is 23.3 Å². The van der Waals surface area contributed by atoms with Crippen LogP contribution in [0.2, 0.25) is 0 Å². The molecule has 0 aliphatic carbocycles. The van der Waals surface area contributed by atoms with E-state index in [0.29, 0.717) is 0 Å². The molecule has 0 saturated carbocycles. The maximum Gasteiger partial charge on any atom is 0.280 e. The Balaban J connectivity index is -0.000000436. The van der Waals surface area contributed by atoms with Gasteiger partial charge < -0.3 is 49.6 Å². The predicted molar refractivity (Wildman–Crippen MR) is 98.6 cm³/mol. The molecule has 0 saturated heterocycles. The zero-order chi connectivity index (χ0) is 17.9. The molecule has 0 spiro atoms. The third kappa shape index (κ3) is 13.1. The van der Waals surface area contributed by atoms with Crippen LogP contribution in [0.25, 0.3) is 0 Å². The summed E-state index contributed by atoms with van der Waals surface area (Å²) in [6, 6.07) is 23.6. The van der Waals surface area contributed by atoms with Gasteiger partial charge in [0.15, 0.2) is 0 Å². The Morgan fingerprint density at radius 1 is 0.387 bits per heavy atom. The maximum atomic E-state index is 3.19. The van der Waals surface area contributed by atoms with E-state index < -0.39 is 0 Å². The molecule has 0 atom stereocenters. The van der Waals surface area contributed by atoms with Gasteiger partial charge in [-0.05, 0) is 24.3 Å². The summed E-state index contributed by atoms with van der Waals surface area (Å²) in [6.07, 6.45) is 7.52. The second kappa shape index (κ2) is 19.9. The fourth-order valence-electron chi connectivity index (χ4n) is 2.17. The van der Waals surface area contributed by atoms with Gasteiger partial charge in [-0.15, -0.1) is 0 Å². The van der Waals surface area contributed by atoms with E-state index in [9.17, 15) is 0 Å². The average molecular weight is 554 g/mol. The molecule has 4 rings (SSSR count). The smallest absolute Gasteiger partial charge is 0.280 e. The van der Waals surface area contributed by atoms with E-state index >= 15 is 0 Å². The number of anilines is 4. The average Bonchev–Trinajstić information content (AvgIpc) is 2.72. The molecular formula is C20H22Cl4N6Zn. The summed E-state index contributed by atoms with van der Waals surface area (Å²) in [7, 11) is 0. The predicted octanol–water partition coefficient (Wildman–Crippen LogP) is -9.87. The number of aromatic amines is 4. The van der Waals surface area contributed by atoms with Crippen molar-refractivity contribution in [3.63, 3.8) is 0 Å². The first-order chi connectivity index (χ1) is 12.9. The maximum absolute atomic E-state index is 3.19. The van der Waals surface area contributed by atoms with Crippen LogP contribution in [0.4, 0.5) is 23.3 Å². The van der Waals surface area contributed by atoms with Gasteiger partial charge in [-0.1, -0.05) is 24.3 Å². The molecule has 0 radical (unpaired) electrons. The van der Waals surface area contributed by atoms with Crippen molar-refractivity contribution in [3.8, 4) is 0 Å². The number of aromatic nitrogens is 4. The molecule has 0 unspecified atom stereocenters. The largest absolute Gasteiger partial charge is 1.00 e. The van der Waals surface area contributed by atoms with Gasteiger partial charge in [-0.2, -0.15) is 0 Å². The molecule has 0 aliphatic heterocycles. The van der Waals surface area contributed by atoms with Crippen molar-refractivity contribution < 1.29 is 89.0 Å². The van der Waals surface area contributed by atoms with E-state index in [4.69, 9.17) is 0 Å². The molecule has 0 amide bonds. The number of pyridine rings is 4. The molecule has 4 aromatic heterocycles. The van der Waals surface area contributed by atoms with E-state index in [-0.39, 0.29) is 69.1 Å². The van der Waals surface area contributed by atoms with Gasteiger partial charge in [0.25, 0.3) is 23.3 Å². The zero-order valence-electron chi connectivity index (χ0n) is 16.5. The minimum absolute atomic E-state index is 0. The van der Waals surface area contributed by atoms with Crippen molar-refractivity contribution in [1.29, 1.82) is 0 Å². The second-order valence-corrected chi connectivity index (χ2v) is 5.35. The number of rotatable bonds is 4. The normalized spacial score (nSPS) is 8.00. The van der Waals surface area contributed by atoms with Crippen molar-refractivity contribution in [3.05, 3.63) is 97.6 Å². The quantitative estimate of drug-likeness (QED) is 0.246. The third-order valence-corrected chi connectivity index (χ3v) is 3.37. The Labute approximate surface area is 219 Å². The van der Waals surface area contributed by atoms with Crippen molar-refractivity contribution in [2.75, 3.05) is 10.6 Å². The van der Waals surface area contributed by atoms with Crippen LogP contribution >= 0.6 is 0 Å². The van der Waals surface area contributed by atoms with Gasteiger partial charge in [0.05, 0.1) is 24.8 Å². The molecule has 0 bridgehead atoms. The number of hydrogen-bond donors (Lipinski definition) is 2. The number of hydrogen-bond acceptors (Lipinski definition) is 2. The van der Waals surface area contributed by atoms with Crippen molar-refractivity contribution in [2.24, 2.45) is 0 Å². The summed E-state index contributed by atoms with van der Waals surface area (Å²) in [5, 5.41) is 6.39. The van der Waals surface area contributed by atoms with Gasteiger partial charge >= 0.3 is 0 Å². The molecule has 6 nitrogen and oxygen atoms in total. The summed E-state index contributed by atoms with van der Waals surface area (Å²) in [6.45, 7) is 0. The summed E-state index contributed by atoms with van der Waals surface area (Å²) in [5.41, 5.74) is 0. The second-order valence-electron chi connectivity index (χ2n) is 5.35. The van der Waals surface area contributed by atoms with Gasteiger partial charge in [-0.25, -0.2) is 30.6 Å². The zero-order valence-corrected chi connectivity index (χ0v) is 22.4. The number of nitrogens with one attached hydrogen (secondary N) is 6. The van der Waals surface area contributed by atoms with E-state index in [1.807, 2.05) is 97.6 Å². The van der Waals surface area contributed by atoms with E-state index in [1.54, 1.807) is 0 Å². The van der Waals surface area contributed by atoms with Crippen LogP contribution < -0.4 is 80.2 Å². The van der Waals surface area contributed by atoms with Crippen molar-refractivity contribution >= 4 is 23.3 Å². The molecule has 0 fully saturated rings. The minimum Gasteiger partial charge on any atom is -1.00 e. The van der Waals surface area contributed by atoms with Crippen LogP contribution in [0, 0.1) is 0 Å². The van der Waals surface area contributed by atoms with Crippen LogP contribution in [0.1, 0.15) is 0 Å². The first-order valence-electron chi connectivity index (χ1n) is 8.31. The molecule has 6 N–H and O–H groups in total. The molecule has 4 heterocycles. The Bertz CT molecular complexity index is 742. The topological polar surface area (TPSA) is 80.6 Å². The molecule has 31 heavy (non-hydrogen) atoms. The number of H-pyrrole nitrogens is 4. The first kappa shape index (κ1) is 33.6. The van der Waals surface area contributed by atoms with Crippen LogP contribution in [-0.4, -0.2) is 0 Å². The Kier molecular flexibility index (Phi) is 21.6. The van der Waals surface area contributed by atoms with Crippen molar-refractivity contribution in [1.82, 2.24) is 0 Å². The first-order valence-corrected chi connectivity index (χ1v) is 8.31. The van der Waals surface area contributed by atoms with Crippen LogP contribution in [0.5, 0.6) is 0 Å². The van der Waals surface area contributed by atoms with Crippen LogP contribution in [0.3, 0.4) is 0 Å². The molecule has 0 aromatic carbocycles. The SMILES string of the molecule is [Cl-].[Cl-].[Cl-].[Cl-].[Zn].c1ccc(Nc2cccc[nH+]2)[nH+]c1.c1ccc(Nc2cccc[nH+]2)[nH+]c1. The monoisotopic (exact) mass is 550 g/mol. The van der Waals surface area contributed by atoms with E-state index in [2.05, 4.69) is 30.6 Å². The standard InChI is InChI=1S/2C10H9N3.4ClH.Zn/c2*1-3-7-11-9(5-1)13-10-6-2-4-8-12-10;;;;;/h2*1-8H,(H,11,12,13);4*1H;. The molecule has 4 aromatic rings. The Hall–Kier alpha value is -2.02. The minimum atomic E-state index is 0. The van der Waals surface area contributed by atoms with Crippen molar-refractivity contribution in [2.45, 2.75) is 0 Å². The summed E-state index contributed by atoms with van der Waals surface area (Å²) in [5.74, 6) is 3.85. The summed E-state index contributed by atoms with van der Waals surface area (Å²) in [4.78, 5) is 12.3. The number of halogens is 4. The van der Waals surface area contributed by atoms with E-state index in [1.165, 1.54) is 0 Å². The molecule has 11 heteroatoms. The fourth-order valence-corrected chi connectivity index (χ4v) is 2.17. The summed E-state index contributed by atoms with van der Waals surface area (Å²) < 4.78 is 0. The Morgan fingerprint density at radius 2 is 0.613 bits per heavy atom. The van der Waals surface area contributed by atoms with Crippen LogP contribution in [-0.2, 0) is 19.5 Å². The van der Waals surface area contributed by atoms with Gasteiger partial charge in [0, 0.05) is 43.7 Å². The molecule has 162 valence electrons. The van der Waals surface area contributed by atoms with Crippen LogP contribution in [0.15, 0.2) is 97.6 Å².